The number of aromatic nitrogens is 2. The van der Waals surface area contributed by atoms with Gasteiger partial charge in [0, 0.05) is 47.3 Å². The topological polar surface area (TPSA) is 67.7 Å². The van der Waals surface area contributed by atoms with Crippen molar-refractivity contribution in [2.24, 2.45) is 0 Å². The van der Waals surface area contributed by atoms with E-state index in [4.69, 9.17) is 0 Å². The van der Waals surface area contributed by atoms with E-state index in [2.05, 4.69) is 77.6 Å². The Kier molecular flexibility index (Phi) is 5.83. The zero-order valence-corrected chi connectivity index (χ0v) is 18.0. The Morgan fingerprint density at radius 2 is 1.87 bits per heavy atom. The van der Waals surface area contributed by atoms with Gasteiger partial charge in [-0.05, 0) is 55.9 Å². The first kappa shape index (κ1) is 20.4. The minimum absolute atomic E-state index is 0.511. The van der Waals surface area contributed by atoms with Crippen LogP contribution in [0.1, 0.15) is 27.8 Å². The lowest BCUT2D eigenvalue weighted by Crippen LogP contribution is -2.10. The third-order valence-electron chi connectivity index (χ3n) is 5.29. The van der Waals surface area contributed by atoms with Crippen LogP contribution in [0.2, 0.25) is 0 Å². The number of hydrogen-bond acceptors (Lipinski definition) is 4. The first-order valence-corrected chi connectivity index (χ1v) is 10.2. The van der Waals surface area contributed by atoms with E-state index in [0.717, 1.165) is 45.5 Å². The minimum Gasteiger partial charge on any atom is -0.361 e. The molecule has 154 valence electrons. The maximum atomic E-state index is 9.65. The SMILES string of the molecule is Cc1c(Nc2c(C#N)cncc2C=Cc2ccc(CN(C)C)cc2)ccc2[nH]ccc12. The Labute approximate surface area is 182 Å². The molecule has 0 amide bonds. The number of pyridine rings is 1. The number of nitrogens with one attached hydrogen (secondary N) is 2. The Hall–Kier alpha value is -3.88. The smallest absolute Gasteiger partial charge is 0.103 e. The summed E-state index contributed by atoms with van der Waals surface area (Å²) in [5, 5.41) is 14.3. The van der Waals surface area contributed by atoms with Crippen molar-refractivity contribution in [1.82, 2.24) is 14.9 Å². The van der Waals surface area contributed by atoms with E-state index in [1.807, 2.05) is 30.5 Å². The van der Waals surface area contributed by atoms with E-state index in [1.54, 1.807) is 12.4 Å². The molecule has 0 atom stereocenters. The highest BCUT2D eigenvalue weighted by Crippen LogP contribution is 2.31. The highest BCUT2D eigenvalue weighted by molar-refractivity contribution is 5.90. The molecule has 5 heteroatoms. The fourth-order valence-electron chi connectivity index (χ4n) is 3.67. The van der Waals surface area contributed by atoms with Crippen molar-refractivity contribution in [2.75, 3.05) is 19.4 Å². The van der Waals surface area contributed by atoms with Gasteiger partial charge < -0.3 is 15.2 Å². The third-order valence-corrected chi connectivity index (χ3v) is 5.29. The monoisotopic (exact) mass is 407 g/mol. The number of nitriles is 1. The molecular formula is C26H25N5. The Morgan fingerprint density at radius 3 is 2.61 bits per heavy atom. The molecular weight excluding hydrogens is 382 g/mol. The molecule has 2 heterocycles. The third kappa shape index (κ3) is 4.50. The van der Waals surface area contributed by atoms with Crippen LogP contribution in [0.5, 0.6) is 0 Å². The Bertz CT molecular complexity index is 1270. The van der Waals surface area contributed by atoms with Crippen molar-refractivity contribution >= 4 is 34.4 Å². The number of hydrogen-bond donors (Lipinski definition) is 2. The summed E-state index contributed by atoms with van der Waals surface area (Å²) in [6, 6.07) is 16.9. The first-order valence-electron chi connectivity index (χ1n) is 10.2. The molecule has 4 rings (SSSR count). The number of benzene rings is 2. The van der Waals surface area contributed by atoms with Crippen molar-refractivity contribution in [1.29, 1.82) is 5.26 Å². The van der Waals surface area contributed by atoms with Crippen LogP contribution in [-0.2, 0) is 6.54 Å². The number of aryl methyl sites for hydroxylation is 1. The molecule has 0 saturated carbocycles. The second kappa shape index (κ2) is 8.86. The molecule has 0 aliphatic carbocycles. The van der Waals surface area contributed by atoms with E-state index in [9.17, 15) is 5.26 Å². The maximum absolute atomic E-state index is 9.65. The van der Waals surface area contributed by atoms with Crippen molar-refractivity contribution in [3.05, 3.63) is 88.9 Å². The van der Waals surface area contributed by atoms with Gasteiger partial charge in [-0.2, -0.15) is 5.26 Å². The van der Waals surface area contributed by atoms with E-state index < -0.39 is 0 Å². The molecule has 0 saturated heterocycles. The van der Waals surface area contributed by atoms with Gasteiger partial charge in [-0.25, -0.2) is 0 Å². The maximum Gasteiger partial charge on any atom is 0.103 e. The quantitative estimate of drug-likeness (QED) is 0.429. The van der Waals surface area contributed by atoms with E-state index in [0.29, 0.717) is 5.56 Å². The van der Waals surface area contributed by atoms with Crippen LogP contribution in [0.25, 0.3) is 23.1 Å². The number of H-pyrrole nitrogens is 1. The lowest BCUT2D eigenvalue weighted by Gasteiger charge is -2.14. The fraction of sp³-hybridized carbons (Fsp3) is 0.154. The zero-order chi connectivity index (χ0) is 21.8. The van der Waals surface area contributed by atoms with Gasteiger partial charge in [0.25, 0.3) is 0 Å². The minimum atomic E-state index is 0.511. The molecule has 0 radical (unpaired) electrons. The lowest BCUT2D eigenvalue weighted by molar-refractivity contribution is 0.402. The summed E-state index contributed by atoms with van der Waals surface area (Å²) in [6.45, 7) is 2.99. The number of fused-ring (bicyclic) bond motifs is 1. The molecule has 0 bridgehead atoms. The van der Waals surface area contributed by atoms with E-state index in [-0.39, 0.29) is 0 Å². The van der Waals surface area contributed by atoms with Crippen molar-refractivity contribution < 1.29 is 0 Å². The van der Waals surface area contributed by atoms with Gasteiger partial charge in [-0.3, -0.25) is 4.98 Å². The van der Waals surface area contributed by atoms with Gasteiger partial charge in [0.05, 0.1) is 11.3 Å². The van der Waals surface area contributed by atoms with E-state index >= 15 is 0 Å². The van der Waals surface area contributed by atoms with Crippen LogP contribution in [0.15, 0.2) is 61.1 Å². The van der Waals surface area contributed by atoms with Crippen molar-refractivity contribution in [3.8, 4) is 6.07 Å². The molecule has 2 N–H and O–H groups in total. The summed E-state index contributed by atoms with van der Waals surface area (Å²) in [7, 11) is 4.13. The van der Waals surface area contributed by atoms with Crippen LogP contribution in [0.3, 0.4) is 0 Å². The van der Waals surface area contributed by atoms with Crippen LogP contribution in [0.4, 0.5) is 11.4 Å². The molecule has 0 aliphatic rings. The molecule has 0 aliphatic heterocycles. The van der Waals surface area contributed by atoms with Gasteiger partial charge in [0.15, 0.2) is 0 Å². The average Bonchev–Trinajstić information content (AvgIpc) is 3.25. The van der Waals surface area contributed by atoms with Crippen molar-refractivity contribution in [2.45, 2.75) is 13.5 Å². The standard InChI is InChI=1S/C26H25N5/c1-18-23-12-13-29-25(23)11-10-24(18)30-26-21(15-28-16-22(26)14-27)9-8-19-4-6-20(7-5-19)17-31(2)3/h4-13,15-16,29H,17H2,1-3H3,(H,28,30). The molecule has 0 spiro atoms. The predicted molar refractivity (Wildman–Crippen MR) is 128 cm³/mol. The van der Waals surface area contributed by atoms with Gasteiger partial charge in [0.2, 0.25) is 0 Å². The number of rotatable bonds is 6. The molecule has 31 heavy (non-hydrogen) atoms. The Morgan fingerprint density at radius 1 is 1.06 bits per heavy atom. The number of nitrogens with zero attached hydrogens (tertiary/aromatic N) is 3. The van der Waals surface area contributed by atoms with Crippen LogP contribution < -0.4 is 5.32 Å². The summed E-state index contributed by atoms with van der Waals surface area (Å²) < 4.78 is 0. The van der Waals surface area contributed by atoms with Gasteiger partial charge in [0.1, 0.15) is 6.07 Å². The molecule has 2 aromatic carbocycles. The average molecular weight is 408 g/mol. The Balaban J connectivity index is 1.65. The molecule has 0 unspecified atom stereocenters. The van der Waals surface area contributed by atoms with Gasteiger partial charge >= 0.3 is 0 Å². The van der Waals surface area contributed by atoms with Crippen LogP contribution >= 0.6 is 0 Å². The number of anilines is 2. The molecule has 4 aromatic rings. The zero-order valence-electron chi connectivity index (χ0n) is 18.0. The van der Waals surface area contributed by atoms with Crippen LogP contribution in [0, 0.1) is 18.3 Å². The van der Waals surface area contributed by atoms with Crippen molar-refractivity contribution in [3.63, 3.8) is 0 Å². The predicted octanol–water partition coefficient (Wildman–Crippen LogP) is 5.72. The summed E-state index contributed by atoms with van der Waals surface area (Å²) >= 11 is 0. The molecule has 0 fully saturated rings. The van der Waals surface area contributed by atoms with Gasteiger partial charge in [-0.15, -0.1) is 0 Å². The lowest BCUT2D eigenvalue weighted by atomic mass is 10.1. The highest BCUT2D eigenvalue weighted by atomic mass is 15.0. The number of aromatic amines is 1. The second-order valence-corrected chi connectivity index (χ2v) is 7.88. The molecule has 5 nitrogen and oxygen atoms in total. The van der Waals surface area contributed by atoms with Crippen LogP contribution in [-0.4, -0.2) is 29.0 Å². The largest absolute Gasteiger partial charge is 0.361 e. The summed E-state index contributed by atoms with van der Waals surface area (Å²) in [6.07, 6.45) is 9.36. The summed E-state index contributed by atoms with van der Waals surface area (Å²) in [5.74, 6) is 0. The summed E-state index contributed by atoms with van der Waals surface area (Å²) in [5.41, 5.74) is 7.70. The highest BCUT2D eigenvalue weighted by Gasteiger charge is 2.11. The van der Waals surface area contributed by atoms with E-state index in [1.165, 1.54) is 5.56 Å². The van der Waals surface area contributed by atoms with Gasteiger partial charge in [-0.1, -0.05) is 36.4 Å². The fourth-order valence-corrected chi connectivity index (χ4v) is 3.67. The normalized spacial score (nSPS) is 11.3. The first-order chi connectivity index (χ1) is 15.0. The summed E-state index contributed by atoms with van der Waals surface area (Å²) in [4.78, 5) is 9.64. The molecule has 2 aromatic heterocycles. The second-order valence-electron chi connectivity index (χ2n) is 7.88.